The average molecular weight is 482 g/mol. The van der Waals surface area contributed by atoms with E-state index in [0.29, 0.717) is 41.1 Å². The number of fused-ring (bicyclic) bond motifs is 1. The Hall–Kier alpha value is -4.92. The van der Waals surface area contributed by atoms with Crippen molar-refractivity contribution in [1.82, 2.24) is 20.3 Å². The summed E-state index contributed by atoms with van der Waals surface area (Å²) in [6, 6.07) is 21.6. The van der Waals surface area contributed by atoms with Crippen LogP contribution < -0.4 is 5.32 Å². The standard InChI is InChI=1S/C27H22N4O5/c32-22-14-23-20(13-19(22)27(34)35)25(26(36-23)18-9-5-2-6-10-18)21-16-31(30-29-21)12-11-24(33)28-15-17-7-3-1-4-8-17/h1-10,13-14,16,32H,11-12,15H2,(H,28,33)(H,34,35). The Balaban J connectivity index is 1.43. The summed E-state index contributed by atoms with van der Waals surface area (Å²) >= 11 is 0. The summed E-state index contributed by atoms with van der Waals surface area (Å²) in [5.74, 6) is -1.29. The molecule has 3 aromatic carbocycles. The van der Waals surface area contributed by atoms with Gasteiger partial charge in [-0.2, -0.15) is 0 Å². The molecule has 36 heavy (non-hydrogen) atoms. The third-order valence-corrected chi connectivity index (χ3v) is 5.77. The van der Waals surface area contributed by atoms with Gasteiger partial charge in [0.2, 0.25) is 5.91 Å². The zero-order valence-electron chi connectivity index (χ0n) is 19.1. The first-order valence-corrected chi connectivity index (χ1v) is 11.3. The number of amides is 1. The van der Waals surface area contributed by atoms with Crippen molar-refractivity contribution in [3.8, 4) is 28.3 Å². The number of carbonyl (C=O) groups excluding carboxylic acids is 1. The molecule has 0 aliphatic heterocycles. The first kappa shape index (κ1) is 22.9. The molecule has 5 rings (SSSR count). The lowest BCUT2D eigenvalue weighted by atomic mass is 10.0. The van der Waals surface area contributed by atoms with E-state index in [1.54, 1.807) is 10.9 Å². The normalized spacial score (nSPS) is 11.0. The number of carbonyl (C=O) groups is 2. The van der Waals surface area contributed by atoms with Crippen LogP contribution in [0.15, 0.2) is 83.4 Å². The van der Waals surface area contributed by atoms with E-state index in [4.69, 9.17) is 4.42 Å². The number of carboxylic acid groups (broad SMARTS) is 1. The van der Waals surface area contributed by atoms with Gasteiger partial charge in [0.25, 0.3) is 0 Å². The predicted octanol–water partition coefficient (Wildman–Crippen LogP) is 4.47. The minimum Gasteiger partial charge on any atom is -0.507 e. The second kappa shape index (κ2) is 9.75. The lowest BCUT2D eigenvalue weighted by Crippen LogP contribution is -2.24. The molecule has 2 aromatic heterocycles. The molecule has 0 unspecified atom stereocenters. The Morgan fingerprint density at radius 2 is 1.72 bits per heavy atom. The van der Waals surface area contributed by atoms with E-state index in [9.17, 15) is 19.8 Å². The number of hydrogen-bond acceptors (Lipinski definition) is 6. The predicted molar refractivity (Wildman–Crippen MR) is 132 cm³/mol. The van der Waals surface area contributed by atoms with E-state index in [-0.39, 0.29) is 23.6 Å². The van der Waals surface area contributed by atoms with E-state index >= 15 is 0 Å². The second-order valence-corrected chi connectivity index (χ2v) is 8.22. The largest absolute Gasteiger partial charge is 0.507 e. The number of nitrogens with one attached hydrogen (secondary N) is 1. The summed E-state index contributed by atoms with van der Waals surface area (Å²) in [7, 11) is 0. The molecule has 0 spiro atoms. The van der Waals surface area contributed by atoms with Crippen molar-refractivity contribution in [2.24, 2.45) is 0 Å². The van der Waals surface area contributed by atoms with Crippen molar-refractivity contribution < 1.29 is 24.2 Å². The molecule has 9 nitrogen and oxygen atoms in total. The van der Waals surface area contributed by atoms with Crippen LogP contribution in [0.3, 0.4) is 0 Å². The molecular formula is C27H22N4O5. The summed E-state index contributed by atoms with van der Waals surface area (Å²) in [4.78, 5) is 23.9. The van der Waals surface area contributed by atoms with E-state index in [2.05, 4.69) is 15.6 Å². The van der Waals surface area contributed by atoms with Crippen LogP contribution in [0.25, 0.3) is 33.6 Å². The van der Waals surface area contributed by atoms with Gasteiger partial charge in [0.15, 0.2) is 0 Å². The number of nitrogens with zero attached hydrogens (tertiary/aromatic N) is 3. The maximum absolute atomic E-state index is 12.3. The number of aromatic nitrogens is 3. The van der Waals surface area contributed by atoms with Crippen LogP contribution in [-0.4, -0.2) is 37.1 Å². The fraction of sp³-hybridized carbons (Fsp3) is 0.111. The molecule has 0 radical (unpaired) electrons. The van der Waals surface area contributed by atoms with Crippen LogP contribution in [-0.2, 0) is 17.9 Å². The Labute approximate surface area is 205 Å². The first-order chi connectivity index (χ1) is 17.5. The monoisotopic (exact) mass is 482 g/mol. The first-order valence-electron chi connectivity index (χ1n) is 11.3. The van der Waals surface area contributed by atoms with Gasteiger partial charge in [-0.1, -0.05) is 65.9 Å². The topological polar surface area (TPSA) is 130 Å². The van der Waals surface area contributed by atoms with Crippen molar-refractivity contribution in [3.63, 3.8) is 0 Å². The van der Waals surface area contributed by atoms with Gasteiger partial charge in [0, 0.05) is 30.0 Å². The van der Waals surface area contributed by atoms with E-state index in [1.807, 2.05) is 60.7 Å². The Kier molecular flexibility index (Phi) is 6.19. The third-order valence-electron chi connectivity index (χ3n) is 5.77. The molecular weight excluding hydrogens is 460 g/mol. The summed E-state index contributed by atoms with van der Waals surface area (Å²) in [6.45, 7) is 0.758. The Morgan fingerprint density at radius 1 is 1.00 bits per heavy atom. The van der Waals surface area contributed by atoms with Crippen LogP contribution in [0.5, 0.6) is 5.75 Å². The number of phenols is 1. The number of hydrogen-bond donors (Lipinski definition) is 3. The molecule has 0 saturated heterocycles. The van der Waals surface area contributed by atoms with Gasteiger partial charge in [0.05, 0.1) is 18.3 Å². The van der Waals surface area contributed by atoms with Gasteiger partial charge in [-0.25, -0.2) is 4.79 Å². The van der Waals surface area contributed by atoms with E-state index in [1.165, 1.54) is 12.1 Å². The molecule has 0 fully saturated rings. The van der Waals surface area contributed by atoms with Gasteiger partial charge < -0.3 is 19.9 Å². The molecule has 0 bridgehead atoms. The van der Waals surface area contributed by atoms with Crippen LogP contribution in [0.1, 0.15) is 22.3 Å². The highest BCUT2D eigenvalue weighted by Crippen LogP contribution is 2.42. The van der Waals surface area contributed by atoms with Gasteiger partial charge >= 0.3 is 5.97 Å². The molecule has 0 aliphatic carbocycles. The van der Waals surface area contributed by atoms with Gasteiger partial charge in [-0.3, -0.25) is 9.48 Å². The highest BCUT2D eigenvalue weighted by molar-refractivity contribution is 6.05. The number of furan rings is 1. The quantitative estimate of drug-likeness (QED) is 0.297. The van der Waals surface area contributed by atoms with Crippen LogP contribution in [0.2, 0.25) is 0 Å². The summed E-state index contributed by atoms with van der Waals surface area (Å²) < 4.78 is 7.60. The van der Waals surface area contributed by atoms with Crippen LogP contribution in [0.4, 0.5) is 0 Å². The molecule has 1 amide bonds. The Bertz CT molecular complexity index is 1540. The Morgan fingerprint density at radius 3 is 2.44 bits per heavy atom. The van der Waals surface area contributed by atoms with Crippen molar-refractivity contribution in [3.05, 3.63) is 90.1 Å². The fourth-order valence-electron chi connectivity index (χ4n) is 3.97. The number of aromatic hydroxyl groups is 1. The SMILES string of the molecule is O=C(CCn1cc(-c2c(-c3ccccc3)oc3cc(O)c(C(=O)O)cc23)nn1)NCc1ccccc1. The maximum atomic E-state index is 12.3. The molecule has 180 valence electrons. The molecule has 0 aliphatic rings. The van der Waals surface area contributed by atoms with Crippen LogP contribution >= 0.6 is 0 Å². The zero-order chi connectivity index (χ0) is 25.1. The number of aryl methyl sites for hydroxylation is 1. The minimum atomic E-state index is -1.26. The van der Waals surface area contributed by atoms with E-state index in [0.717, 1.165) is 11.1 Å². The fourth-order valence-corrected chi connectivity index (χ4v) is 3.97. The van der Waals surface area contributed by atoms with Gasteiger partial charge in [0.1, 0.15) is 28.4 Å². The van der Waals surface area contributed by atoms with Gasteiger partial charge in [-0.15, -0.1) is 5.10 Å². The lowest BCUT2D eigenvalue weighted by molar-refractivity contribution is -0.121. The van der Waals surface area contributed by atoms with Crippen molar-refractivity contribution >= 4 is 22.8 Å². The molecule has 3 N–H and O–H groups in total. The van der Waals surface area contributed by atoms with Crippen LogP contribution in [0, 0.1) is 0 Å². The second-order valence-electron chi connectivity index (χ2n) is 8.22. The summed E-state index contributed by atoms with van der Waals surface area (Å²) in [5, 5.41) is 31.4. The summed E-state index contributed by atoms with van der Waals surface area (Å²) in [5.41, 5.74) is 2.86. The average Bonchev–Trinajstić information content (AvgIpc) is 3.50. The third kappa shape index (κ3) is 4.67. The molecule has 5 aromatic rings. The highest BCUT2D eigenvalue weighted by atomic mass is 16.4. The van der Waals surface area contributed by atoms with E-state index < -0.39 is 5.97 Å². The number of aromatic carboxylic acids is 1. The highest BCUT2D eigenvalue weighted by Gasteiger charge is 2.23. The smallest absolute Gasteiger partial charge is 0.339 e. The zero-order valence-corrected chi connectivity index (χ0v) is 19.1. The van der Waals surface area contributed by atoms with Crippen molar-refractivity contribution in [1.29, 1.82) is 0 Å². The van der Waals surface area contributed by atoms with Gasteiger partial charge in [-0.05, 0) is 11.6 Å². The summed E-state index contributed by atoms with van der Waals surface area (Å²) in [6.07, 6.45) is 1.90. The number of rotatable bonds is 8. The van der Waals surface area contributed by atoms with Crippen molar-refractivity contribution in [2.75, 3.05) is 0 Å². The number of benzene rings is 3. The maximum Gasteiger partial charge on any atom is 0.339 e. The molecule has 2 heterocycles. The molecule has 0 atom stereocenters. The minimum absolute atomic E-state index is 0.115. The lowest BCUT2D eigenvalue weighted by Gasteiger charge is -2.05. The molecule has 0 saturated carbocycles. The number of carboxylic acids is 1. The molecule has 9 heteroatoms. The van der Waals surface area contributed by atoms with Crippen molar-refractivity contribution in [2.45, 2.75) is 19.5 Å².